The Hall–Kier alpha value is -2.47. The predicted molar refractivity (Wildman–Crippen MR) is 135 cm³/mol. The van der Waals surface area contributed by atoms with Crippen LogP contribution in [0.15, 0.2) is 22.0 Å². The van der Waals surface area contributed by atoms with Crippen molar-refractivity contribution < 1.29 is 9.26 Å². The minimum Gasteiger partial charge on any atom is -0.493 e. The number of rotatable bonds is 8. The van der Waals surface area contributed by atoms with Crippen molar-refractivity contribution in [2.75, 3.05) is 33.8 Å². The van der Waals surface area contributed by atoms with Gasteiger partial charge in [-0.05, 0) is 96.6 Å². The number of aromatic nitrogens is 2. The van der Waals surface area contributed by atoms with Crippen molar-refractivity contribution in [2.24, 2.45) is 11.8 Å². The lowest BCUT2D eigenvalue weighted by Crippen LogP contribution is -2.33. The van der Waals surface area contributed by atoms with Gasteiger partial charge in [-0.2, -0.15) is 5.26 Å². The van der Waals surface area contributed by atoms with Crippen LogP contribution in [0.1, 0.15) is 54.1 Å². The van der Waals surface area contributed by atoms with Crippen molar-refractivity contribution in [1.29, 1.82) is 5.26 Å². The van der Waals surface area contributed by atoms with Crippen LogP contribution < -0.4 is 10.1 Å². The molecule has 1 aromatic carbocycles. The number of likely N-dealkylation sites (tertiary alicyclic amines) is 1. The van der Waals surface area contributed by atoms with Crippen LogP contribution in [-0.4, -0.2) is 48.8 Å². The van der Waals surface area contributed by atoms with Gasteiger partial charge in [0.15, 0.2) is 11.3 Å². The van der Waals surface area contributed by atoms with Crippen molar-refractivity contribution in [3.8, 4) is 11.8 Å². The van der Waals surface area contributed by atoms with E-state index in [1.807, 2.05) is 19.5 Å². The molecule has 2 fully saturated rings. The number of aryl methyl sites for hydroxylation is 2. The summed E-state index contributed by atoms with van der Waals surface area (Å²) in [5, 5.41) is 20.1. The number of fused-ring (bicyclic) bond motifs is 1. The maximum atomic E-state index is 8.93. The normalized spacial score (nSPS) is 16.8. The second-order valence-corrected chi connectivity index (χ2v) is 10.4. The predicted octanol–water partition coefficient (Wildman–Crippen LogP) is 4.93. The first kappa shape index (κ1) is 24.6. The van der Waals surface area contributed by atoms with Gasteiger partial charge in [0.05, 0.1) is 18.8 Å². The summed E-state index contributed by atoms with van der Waals surface area (Å²) in [6.45, 7) is 5.92. The van der Waals surface area contributed by atoms with E-state index in [2.05, 4.69) is 45.5 Å². The molecule has 182 valence electrons. The molecule has 1 saturated carbocycles. The van der Waals surface area contributed by atoms with Crippen molar-refractivity contribution >= 4 is 22.3 Å². The molecular weight excluding hydrogens is 446 g/mol. The number of benzene rings is 1. The lowest BCUT2D eigenvalue weighted by Gasteiger charge is -2.31. The molecule has 0 bridgehead atoms. The van der Waals surface area contributed by atoms with E-state index in [0.29, 0.717) is 5.69 Å². The molecule has 0 spiro atoms. The van der Waals surface area contributed by atoms with E-state index in [4.69, 9.17) is 14.5 Å². The Morgan fingerprint density at radius 2 is 1.97 bits per heavy atom. The average Bonchev–Trinajstić information content (AvgIpc) is 3.41. The zero-order valence-electron chi connectivity index (χ0n) is 20.5. The molecule has 1 aliphatic heterocycles. The highest BCUT2D eigenvalue weighted by atomic mass is 32.1. The fourth-order valence-corrected chi connectivity index (χ4v) is 5.16. The largest absolute Gasteiger partial charge is 0.493 e. The van der Waals surface area contributed by atoms with Crippen LogP contribution in [-0.2, 0) is 13.0 Å². The highest BCUT2D eigenvalue weighted by Gasteiger charge is 2.24. The smallest absolute Gasteiger partial charge is 0.173 e. The molecule has 8 heteroatoms. The molecule has 3 aromatic rings. The first-order valence-electron chi connectivity index (χ1n) is 12.3. The van der Waals surface area contributed by atoms with Crippen LogP contribution in [0.5, 0.6) is 5.75 Å². The first-order chi connectivity index (χ1) is 16.6. The molecule has 0 unspecified atom stereocenters. The van der Waals surface area contributed by atoms with E-state index < -0.39 is 0 Å². The number of nitriles is 1. The van der Waals surface area contributed by atoms with E-state index in [9.17, 15) is 0 Å². The van der Waals surface area contributed by atoms with Crippen LogP contribution in [0.4, 0.5) is 0 Å². The van der Waals surface area contributed by atoms with E-state index >= 15 is 0 Å². The summed E-state index contributed by atoms with van der Waals surface area (Å²) in [5.41, 5.74) is 3.54. The summed E-state index contributed by atoms with van der Waals surface area (Å²) in [5.74, 6) is 2.39. The maximum absolute atomic E-state index is 8.93. The van der Waals surface area contributed by atoms with E-state index in [1.54, 1.807) is 11.3 Å². The summed E-state index contributed by atoms with van der Waals surface area (Å²) in [6.07, 6.45) is 7.08. The molecule has 3 heterocycles. The third-order valence-corrected chi connectivity index (χ3v) is 7.44. The highest BCUT2D eigenvalue weighted by Crippen LogP contribution is 2.34. The molecule has 1 N–H and O–H groups in total. The second kappa shape index (κ2) is 11.8. The molecule has 7 nitrogen and oxygen atoms in total. The zero-order chi connectivity index (χ0) is 23.9. The van der Waals surface area contributed by atoms with Gasteiger partial charge in [0.1, 0.15) is 16.8 Å². The fraction of sp³-hybridized carbons (Fsp3) is 0.577. The number of nitrogens with one attached hydrogen (secondary N) is 1. The minimum atomic E-state index is 0.534. The first-order valence-corrected chi connectivity index (χ1v) is 13.1. The van der Waals surface area contributed by atoms with Crippen LogP contribution in [0, 0.1) is 30.1 Å². The Labute approximate surface area is 206 Å². The monoisotopic (exact) mass is 481 g/mol. The van der Waals surface area contributed by atoms with Gasteiger partial charge < -0.3 is 14.6 Å². The molecule has 0 amide bonds. The Balaban J connectivity index is 0.000000868. The van der Waals surface area contributed by atoms with Crippen molar-refractivity contribution in [3.63, 3.8) is 0 Å². The summed E-state index contributed by atoms with van der Waals surface area (Å²) in [7, 11) is 3.75. The Morgan fingerprint density at radius 3 is 2.65 bits per heavy atom. The highest BCUT2D eigenvalue weighted by molar-refractivity contribution is 7.09. The molecule has 0 atom stereocenters. The molecular formula is C26H35N5O2S. The average molecular weight is 482 g/mol. The van der Waals surface area contributed by atoms with Gasteiger partial charge >= 0.3 is 0 Å². The third-order valence-electron chi connectivity index (χ3n) is 6.61. The molecule has 2 aromatic heterocycles. The second-order valence-electron chi connectivity index (χ2n) is 9.45. The number of nitrogens with zero attached hydrogens (tertiary/aromatic N) is 4. The summed E-state index contributed by atoms with van der Waals surface area (Å²) in [4.78, 5) is 6.82. The lowest BCUT2D eigenvalue weighted by molar-refractivity contribution is 0.172. The van der Waals surface area contributed by atoms with Gasteiger partial charge in [0.2, 0.25) is 0 Å². The Bertz CT molecular complexity index is 1110. The van der Waals surface area contributed by atoms with Crippen molar-refractivity contribution in [3.05, 3.63) is 39.5 Å². The molecule has 2 aliphatic rings. The molecule has 0 radical (unpaired) electrons. The van der Waals surface area contributed by atoms with Gasteiger partial charge in [0.25, 0.3) is 0 Å². The van der Waals surface area contributed by atoms with Crippen LogP contribution in [0.3, 0.4) is 0 Å². The minimum absolute atomic E-state index is 0.534. The number of hydrogen-bond acceptors (Lipinski definition) is 8. The topological polar surface area (TPSA) is 87.2 Å². The number of thiazole rings is 1. The van der Waals surface area contributed by atoms with Crippen molar-refractivity contribution in [2.45, 2.75) is 52.0 Å². The van der Waals surface area contributed by atoms with Crippen LogP contribution in [0.2, 0.25) is 0 Å². The zero-order valence-corrected chi connectivity index (χ0v) is 21.3. The van der Waals surface area contributed by atoms with Crippen LogP contribution in [0.25, 0.3) is 11.0 Å². The quantitative estimate of drug-likeness (QED) is 0.488. The van der Waals surface area contributed by atoms with Gasteiger partial charge in [0, 0.05) is 16.3 Å². The standard InChI is InChI=1S/C24H28N4O2S.C2H7N/c1-16-22(29-14-18-2-3-18)7-5-20-21(27-30-24(16)20)6-4-17-8-10-28(11-9-17)13-23-26-19(12-25)15-31-23;1-3-2/h5,7,15,17-18H,2-4,6,8-11,13-14H2,1H3;3H,1-2H3. The van der Waals surface area contributed by atoms with Gasteiger partial charge in [-0.3, -0.25) is 4.90 Å². The lowest BCUT2D eigenvalue weighted by atomic mass is 9.91. The summed E-state index contributed by atoms with van der Waals surface area (Å²) in [6, 6.07) is 6.31. The Morgan fingerprint density at radius 1 is 1.21 bits per heavy atom. The number of piperidine rings is 1. The molecule has 5 rings (SSSR count). The van der Waals surface area contributed by atoms with Crippen LogP contribution >= 0.6 is 11.3 Å². The van der Waals surface area contributed by atoms with E-state index in [1.165, 1.54) is 25.7 Å². The van der Waals surface area contributed by atoms with Crippen molar-refractivity contribution in [1.82, 2.24) is 20.4 Å². The molecule has 1 aliphatic carbocycles. The fourth-order valence-electron chi connectivity index (χ4n) is 4.40. The van der Waals surface area contributed by atoms with Gasteiger partial charge in [-0.1, -0.05) is 5.16 Å². The van der Waals surface area contributed by atoms with Gasteiger partial charge in [-0.25, -0.2) is 4.98 Å². The number of ether oxygens (including phenoxy) is 1. The molecule has 34 heavy (non-hydrogen) atoms. The summed E-state index contributed by atoms with van der Waals surface area (Å²) < 4.78 is 11.7. The summed E-state index contributed by atoms with van der Waals surface area (Å²) >= 11 is 1.58. The number of hydrogen-bond donors (Lipinski definition) is 1. The van der Waals surface area contributed by atoms with Gasteiger partial charge in [-0.15, -0.1) is 11.3 Å². The third kappa shape index (κ3) is 6.35. The van der Waals surface area contributed by atoms with E-state index in [-0.39, 0.29) is 0 Å². The SMILES string of the molecule is CNC.Cc1c(OCC2CC2)ccc2c(CCC3CCN(Cc4nc(C#N)cs4)CC3)noc12. The maximum Gasteiger partial charge on any atom is 0.173 e. The molecule has 1 saturated heterocycles. The van der Waals surface area contributed by atoms with E-state index in [0.717, 1.165) is 83.9 Å². The Kier molecular flexibility index (Phi) is 8.54.